The molecule has 0 saturated carbocycles. The predicted octanol–water partition coefficient (Wildman–Crippen LogP) is 4.22. The maximum absolute atomic E-state index is 12.9. The van der Waals surface area contributed by atoms with Crippen LogP contribution in [0.25, 0.3) is 6.08 Å². The van der Waals surface area contributed by atoms with E-state index in [0.717, 1.165) is 30.3 Å². The molecule has 0 unspecified atom stereocenters. The quantitative estimate of drug-likeness (QED) is 0.278. The van der Waals surface area contributed by atoms with E-state index >= 15 is 0 Å². The summed E-state index contributed by atoms with van der Waals surface area (Å²) in [6, 6.07) is 11.6. The van der Waals surface area contributed by atoms with E-state index in [1.54, 1.807) is 18.2 Å². The molecule has 0 atom stereocenters. The highest BCUT2D eigenvalue weighted by Gasteiger charge is 2.42. The van der Waals surface area contributed by atoms with E-state index in [2.05, 4.69) is 0 Å². The Hall–Kier alpha value is -2.76. The van der Waals surface area contributed by atoms with Crippen LogP contribution in [0.2, 0.25) is 0 Å². The van der Waals surface area contributed by atoms with Crippen LogP contribution in [0, 0.1) is 5.82 Å². The van der Waals surface area contributed by atoms with Crippen molar-refractivity contribution in [2.24, 2.45) is 0 Å². The summed E-state index contributed by atoms with van der Waals surface area (Å²) in [5, 5.41) is 0. The molecule has 0 aliphatic carbocycles. The van der Waals surface area contributed by atoms with Crippen molar-refractivity contribution in [3.05, 3.63) is 77.1 Å². The molecule has 0 saturated heterocycles. The van der Waals surface area contributed by atoms with Crippen LogP contribution in [0.5, 0.6) is 0 Å². The third-order valence-corrected chi connectivity index (χ3v) is 2.96. The largest absolute Gasteiger partial charge is 0.455 e. The van der Waals surface area contributed by atoms with E-state index in [9.17, 15) is 27.2 Å². The van der Waals surface area contributed by atoms with Gasteiger partial charge in [-0.25, -0.2) is 4.39 Å². The zero-order chi connectivity index (χ0) is 17.0. The zero-order valence-electron chi connectivity index (χ0n) is 11.6. The van der Waals surface area contributed by atoms with Gasteiger partial charge in [0.2, 0.25) is 0 Å². The van der Waals surface area contributed by atoms with E-state index in [4.69, 9.17) is 0 Å². The molecule has 118 valence electrons. The van der Waals surface area contributed by atoms with Gasteiger partial charge in [-0.1, -0.05) is 30.3 Å². The van der Waals surface area contributed by atoms with Crippen molar-refractivity contribution < 1.29 is 27.2 Å². The van der Waals surface area contributed by atoms with Gasteiger partial charge in [-0.05, 0) is 35.9 Å². The molecule has 0 bridgehead atoms. The topological polar surface area (TPSA) is 34.1 Å². The highest BCUT2D eigenvalue weighted by molar-refractivity contribution is 6.30. The van der Waals surface area contributed by atoms with Gasteiger partial charge in [-0.2, -0.15) is 13.2 Å². The first-order valence-electron chi connectivity index (χ1n) is 6.47. The van der Waals surface area contributed by atoms with Gasteiger partial charge < -0.3 is 0 Å². The van der Waals surface area contributed by atoms with Crippen LogP contribution >= 0.6 is 0 Å². The number of hydrogen-bond donors (Lipinski definition) is 0. The van der Waals surface area contributed by atoms with Crippen molar-refractivity contribution in [2.75, 3.05) is 0 Å². The highest BCUT2D eigenvalue weighted by atomic mass is 19.4. The number of alkyl halides is 3. The van der Waals surface area contributed by atoms with Crippen molar-refractivity contribution in [3.8, 4) is 0 Å². The summed E-state index contributed by atoms with van der Waals surface area (Å²) in [5.74, 6) is -4.00. The van der Waals surface area contributed by atoms with Crippen LogP contribution < -0.4 is 0 Å². The Balaban J connectivity index is 2.49. The third kappa shape index (κ3) is 4.12. The van der Waals surface area contributed by atoms with Crippen LogP contribution in [-0.4, -0.2) is 17.7 Å². The van der Waals surface area contributed by atoms with Crippen LogP contribution in [-0.2, 0) is 4.79 Å². The molecule has 23 heavy (non-hydrogen) atoms. The van der Waals surface area contributed by atoms with E-state index in [-0.39, 0.29) is 11.1 Å². The van der Waals surface area contributed by atoms with E-state index < -0.39 is 29.1 Å². The first-order chi connectivity index (χ1) is 10.8. The highest BCUT2D eigenvalue weighted by Crippen LogP contribution is 2.25. The Morgan fingerprint density at radius 3 is 1.96 bits per heavy atom. The summed E-state index contributed by atoms with van der Waals surface area (Å²) in [4.78, 5) is 23.8. The van der Waals surface area contributed by atoms with Crippen molar-refractivity contribution in [1.82, 2.24) is 0 Å². The summed E-state index contributed by atoms with van der Waals surface area (Å²) in [6.45, 7) is 0. The first-order valence-corrected chi connectivity index (χ1v) is 6.47. The van der Waals surface area contributed by atoms with Crippen molar-refractivity contribution in [1.29, 1.82) is 0 Å². The molecular weight excluding hydrogens is 312 g/mol. The minimum absolute atomic E-state index is 0.203. The smallest absolute Gasteiger partial charge is 0.288 e. The number of rotatable bonds is 4. The second kappa shape index (κ2) is 6.56. The molecule has 0 aliphatic heterocycles. The fourth-order valence-corrected chi connectivity index (χ4v) is 1.86. The number of carbonyl (C=O) groups is 2. The average molecular weight is 322 g/mol. The maximum atomic E-state index is 12.9. The van der Waals surface area contributed by atoms with Gasteiger partial charge in [0.15, 0.2) is 5.78 Å². The van der Waals surface area contributed by atoms with E-state index in [1.807, 2.05) is 0 Å². The van der Waals surface area contributed by atoms with E-state index in [0.29, 0.717) is 0 Å². The Labute approximate surface area is 129 Å². The van der Waals surface area contributed by atoms with Gasteiger partial charge >= 0.3 is 6.18 Å². The van der Waals surface area contributed by atoms with E-state index in [1.165, 1.54) is 12.1 Å². The van der Waals surface area contributed by atoms with Crippen LogP contribution in [0.4, 0.5) is 17.6 Å². The minimum atomic E-state index is -5.18. The van der Waals surface area contributed by atoms with Gasteiger partial charge in [-0.15, -0.1) is 0 Å². The van der Waals surface area contributed by atoms with Gasteiger partial charge in [0, 0.05) is 5.56 Å². The Bertz CT molecular complexity index is 744. The van der Waals surface area contributed by atoms with Crippen LogP contribution in [0.3, 0.4) is 0 Å². The minimum Gasteiger partial charge on any atom is -0.288 e. The monoisotopic (exact) mass is 322 g/mol. The summed E-state index contributed by atoms with van der Waals surface area (Å²) in [5.41, 5.74) is -0.947. The van der Waals surface area contributed by atoms with Gasteiger partial charge in [0.25, 0.3) is 5.78 Å². The molecule has 2 rings (SSSR count). The first kappa shape index (κ1) is 16.6. The number of Topliss-reactive ketones (excluding diaryl/α,β-unsaturated/α-hetero) is 2. The lowest BCUT2D eigenvalue weighted by Crippen LogP contribution is -2.28. The molecule has 0 spiro atoms. The number of halogens is 4. The van der Waals surface area contributed by atoms with Crippen LogP contribution in [0.15, 0.2) is 60.2 Å². The summed E-state index contributed by atoms with van der Waals surface area (Å²) in [7, 11) is 0. The molecule has 2 aromatic rings. The average Bonchev–Trinajstić information content (AvgIpc) is 2.52. The van der Waals surface area contributed by atoms with Gasteiger partial charge in [0.1, 0.15) is 5.82 Å². The number of carbonyl (C=O) groups excluding carboxylic acids is 2. The predicted molar refractivity (Wildman–Crippen MR) is 76.2 cm³/mol. The Morgan fingerprint density at radius 2 is 1.43 bits per heavy atom. The number of benzene rings is 2. The molecule has 0 radical (unpaired) electrons. The summed E-state index contributed by atoms with van der Waals surface area (Å²) < 4.78 is 51.1. The number of ketones is 2. The molecule has 0 aromatic heterocycles. The summed E-state index contributed by atoms with van der Waals surface area (Å²) in [6.07, 6.45) is -4.31. The molecule has 6 heteroatoms. The van der Waals surface area contributed by atoms with Gasteiger partial charge in [0.05, 0.1) is 5.57 Å². The number of allylic oxidation sites excluding steroid dienone is 1. The molecule has 0 fully saturated rings. The van der Waals surface area contributed by atoms with Crippen LogP contribution in [0.1, 0.15) is 15.9 Å². The summed E-state index contributed by atoms with van der Waals surface area (Å²) >= 11 is 0. The lowest BCUT2D eigenvalue weighted by Gasteiger charge is -2.09. The normalized spacial score (nSPS) is 12.1. The lowest BCUT2D eigenvalue weighted by atomic mass is 9.97. The molecule has 0 N–H and O–H groups in total. The molecule has 0 aliphatic rings. The zero-order valence-corrected chi connectivity index (χ0v) is 11.6. The lowest BCUT2D eigenvalue weighted by molar-refractivity contribution is -0.166. The molecule has 0 amide bonds. The fourth-order valence-electron chi connectivity index (χ4n) is 1.86. The van der Waals surface area contributed by atoms with Crippen molar-refractivity contribution in [2.45, 2.75) is 6.18 Å². The number of hydrogen-bond acceptors (Lipinski definition) is 2. The Morgan fingerprint density at radius 1 is 0.870 bits per heavy atom. The molecular formula is C17H10F4O2. The maximum Gasteiger partial charge on any atom is 0.455 e. The van der Waals surface area contributed by atoms with Crippen molar-refractivity contribution >= 4 is 17.6 Å². The molecule has 0 heterocycles. The fraction of sp³-hybridized carbons (Fsp3) is 0.0588. The van der Waals surface area contributed by atoms with Gasteiger partial charge in [-0.3, -0.25) is 9.59 Å². The second-order valence-electron chi connectivity index (χ2n) is 4.63. The second-order valence-corrected chi connectivity index (χ2v) is 4.63. The van der Waals surface area contributed by atoms with Crippen molar-refractivity contribution in [3.63, 3.8) is 0 Å². The molecule has 2 aromatic carbocycles. The third-order valence-electron chi connectivity index (χ3n) is 2.96. The SMILES string of the molecule is O=C(/C(=C/c1ccccc1)C(=O)C(F)(F)F)c1ccc(F)cc1. The Kier molecular flexibility index (Phi) is 4.74. The standard InChI is InChI=1S/C17H10F4O2/c18-13-8-6-12(7-9-13)15(22)14(16(23)17(19,20)21)10-11-4-2-1-3-5-11/h1-10H/b14-10-. The molecule has 2 nitrogen and oxygen atoms in total.